The van der Waals surface area contributed by atoms with Crippen molar-refractivity contribution in [1.82, 2.24) is 14.8 Å². The molecule has 0 bridgehead atoms. The first kappa shape index (κ1) is 22.6. The summed E-state index contributed by atoms with van der Waals surface area (Å²) in [6.45, 7) is 2.33. The Bertz CT molecular complexity index is 1150. The molecule has 30 heavy (non-hydrogen) atoms. The zero-order valence-electron chi connectivity index (χ0n) is 15.9. The van der Waals surface area contributed by atoms with Crippen LogP contribution in [0.4, 0.5) is 5.69 Å². The Hall–Kier alpha value is -2.07. The highest BCUT2D eigenvalue weighted by Crippen LogP contribution is 2.26. The van der Waals surface area contributed by atoms with Gasteiger partial charge in [-0.2, -0.15) is 0 Å². The molecular weight excluding hydrogens is 467 g/mol. The summed E-state index contributed by atoms with van der Waals surface area (Å²) in [5.41, 5.74) is 0.418. The Labute approximate surface area is 188 Å². The van der Waals surface area contributed by atoms with E-state index in [9.17, 15) is 13.2 Å². The standard InChI is InChI=1S/C19H18Cl2N4O3S2/c1-2-25-17(12-30(27,28)14-6-4-3-5-7-14)23-24-19(25)29-11-18(26)22-16-10-13(20)8-9-15(16)21/h3-10H,2,11-12H2,1H3,(H,22,26). The maximum absolute atomic E-state index is 12.6. The van der Waals surface area contributed by atoms with Crippen LogP contribution in [-0.4, -0.2) is 34.8 Å². The summed E-state index contributed by atoms with van der Waals surface area (Å²) in [4.78, 5) is 12.5. The first-order valence-corrected chi connectivity index (χ1v) is 12.3. The van der Waals surface area contributed by atoms with Crippen LogP contribution in [0.15, 0.2) is 58.6 Å². The van der Waals surface area contributed by atoms with Crippen LogP contribution >= 0.6 is 35.0 Å². The number of anilines is 1. The first-order chi connectivity index (χ1) is 14.3. The van der Waals surface area contributed by atoms with Crippen molar-refractivity contribution in [3.05, 3.63) is 64.4 Å². The van der Waals surface area contributed by atoms with E-state index < -0.39 is 9.84 Å². The predicted molar refractivity (Wildman–Crippen MR) is 119 cm³/mol. The van der Waals surface area contributed by atoms with Gasteiger partial charge in [-0.15, -0.1) is 10.2 Å². The van der Waals surface area contributed by atoms with E-state index in [4.69, 9.17) is 23.2 Å². The van der Waals surface area contributed by atoms with Gasteiger partial charge < -0.3 is 9.88 Å². The number of hydrogen-bond acceptors (Lipinski definition) is 6. The van der Waals surface area contributed by atoms with Gasteiger partial charge in [-0.1, -0.05) is 53.2 Å². The molecule has 0 aliphatic carbocycles. The second-order valence-electron chi connectivity index (χ2n) is 6.18. The van der Waals surface area contributed by atoms with Crippen LogP contribution in [0.2, 0.25) is 10.0 Å². The van der Waals surface area contributed by atoms with Crippen molar-refractivity contribution in [2.75, 3.05) is 11.1 Å². The monoisotopic (exact) mass is 484 g/mol. The Morgan fingerprint density at radius 1 is 1.13 bits per heavy atom. The Kier molecular flexibility index (Phi) is 7.41. The molecule has 158 valence electrons. The zero-order chi connectivity index (χ0) is 21.7. The maximum Gasteiger partial charge on any atom is 0.234 e. The molecule has 1 aromatic heterocycles. The third-order valence-corrected chi connectivity index (χ3v) is 7.23. The number of rotatable bonds is 8. The van der Waals surface area contributed by atoms with Gasteiger partial charge in [0.15, 0.2) is 15.0 Å². The zero-order valence-corrected chi connectivity index (χ0v) is 19.0. The van der Waals surface area contributed by atoms with E-state index >= 15 is 0 Å². The van der Waals surface area contributed by atoms with E-state index in [1.165, 1.54) is 0 Å². The quantitative estimate of drug-likeness (QED) is 0.478. The number of nitrogens with one attached hydrogen (secondary N) is 1. The van der Waals surface area contributed by atoms with E-state index in [1.54, 1.807) is 53.1 Å². The van der Waals surface area contributed by atoms with Crippen molar-refractivity contribution < 1.29 is 13.2 Å². The highest BCUT2D eigenvalue weighted by atomic mass is 35.5. The lowest BCUT2D eigenvalue weighted by Gasteiger charge is -2.09. The SMILES string of the molecule is CCn1c(CS(=O)(=O)c2ccccc2)nnc1SCC(=O)Nc1cc(Cl)ccc1Cl. The van der Waals surface area contributed by atoms with Gasteiger partial charge in [0.1, 0.15) is 11.6 Å². The second-order valence-corrected chi connectivity index (χ2v) is 9.95. The lowest BCUT2D eigenvalue weighted by molar-refractivity contribution is -0.113. The number of sulfone groups is 1. The molecule has 2 aromatic carbocycles. The molecule has 7 nitrogen and oxygen atoms in total. The lowest BCUT2D eigenvalue weighted by Crippen LogP contribution is -2.15. The average molecular weight is 485 g/mol. The predicted octanol–water partition coefficient (Wildman–Crippen LogP) is 4.31. The minimum absolute atomic E-state index is 0.0480. The molecule has 0 radical (unpaired) electrons. The summed E-state index contributed by atoms with van der Waals surface area (Å²) >= 11 is 13.1. The molecule has 0 atom stereocenters. The number of hydrogen-bond donors (Lipinski definition) is 1. The van der Waals surface area contributed by atoms with Crippen molar-refractivity contribution in [3.63, 3.8) is 0 Å². The molecule has 1 heterocycles. The second kappa shape index (κ2) is 9.82. The average Bonchev–Trinajstić information content (AvgIpc) is 3.10. The number of aromatic nitrogens is 3. The van der Waals surface area contributed by atoms with E-state index in [1.807, 2.05) is 6.92 Å². The van der Waals surface area contributed by atoms with Crippen molar-refractivity contribution >= 4 is 56.4 Å². The molecule has 3 rings (SSSR count). The van der Waals surface area contributed by atoms with Gasteiger partial charge in [0.25, 0.3) is 0 Å². The van der Waals surface area contributed by atoms with Crippen molar-refractivity contribution in [2.45, 2.75) is 29.3 Å². The van der Waals surface area contributed by atoms with Crippen LogP contribution in [0.3, 0.4) is 0 Å². The molecule has 11 heteroatoms. The number of halogens is 2. The number of nitrogens with zero attached hydrogens (tertiary/aromatic N) is 3. The van der Waals surface area contributed by atoms with Gasteiger partial charge >= 0.3 is 0 Å². The third-order valence-electron chi connectivity index (χ3n) is 4.07. The molecule has 1 amide bonds. The molecule has 0 fully saturated rings. The smallest absolute Gasteiger partial charge is 0.234 e. The molecule has 1 N–H and O–H groups in total. The maximum atomic E-state index is 12.6. The molecule has 0 saturated carbocycles. The molecule has 0 spiro atoms. The molecule has 0 aliphatic heterocycles. The Balaban J connectivity index is 1.68. The minimum atomic E-state index is -3.55. The summed E-state index contributed by atoms with van der Waals surface area (Å²) in [5.74, 6) is -0.204. The number of carbonyl (C=O) groups excluding carboxylic acids is 1. The topological polar surface area (TPSA) is 93.9 Å². The molecule has 3 aromatic rings. The van der Waals surface area contributed by atoms with Gasteiger partial charge in [-0.05, 0) is 37.3 Å². The summed E-state index contributed by atoms with van der Waals surface area (Å²) in [6, 6.07) is 13.0. The number of thioether (sulfide) groups is 1. The van der Waals surface area contributed by atoms with Gasteiger partial charge in [0, 0.05) is 11.6 Å². The van der Waals surface area contributed by atoms with Crippen LogP contribution in [0.1, 0.15) is 12.7 Å². The lowest BCUT2D eigenvalue weighted by atomic mass is 10.3. The summed E-state index contributed by atoms with van der Waals surface area (Å²) in [5, 5.41) is 12.1. The van der Waals surface area contributed by atoms with Crippen LogP contribution < -0.4 is 5.32 Å². The normalized spacial score (nSPS) is 11.4. The van der Waals surface area contributed by atoms with E-state index in [0.717, 1.165) is 11.8 Å². The Morgan fingerprint density at radius 3 is 2.57 bits per heavy atom. The van der Waals surface area contributed by atoms with Gasteiger partial charge in [-0.25, -0.2) is 8.42 Å². The fourth-order valence-electron chi connectivity index (χ4n) is 2.64. The number of benzene rings is 2. The highest BCUT2D eigenvalue weighted by Gasteiger charge is 2.21. The van der Waals surface area contributed by atoms with Crippen molar-refractivity contribution in [2.24, 2.45) is 0 Å². The molecule has 0 unspecified atom stereocenters. The van der Waals surface area contributed by atoms with Crippen molar-refractivity contribution in [3.8, 4) is 0 Å². The number of carbonyl (C=O) groups is 1. The van der Waals surface area contributed by atoms with Crippen LogP contribution in [0, 0.1) is 0 Å². The van der Waals surface area contributed by atoms with Gasteiger partial charge in [0.05, 0.1) is 21.4 Å². The van der Waals surface area contributed by atoms with E-state index in [-0.39, 0.29) is 22.3 Å². The highest BCUT2D eigenvalue weighted by molar-refractivity contribution is 7.99. The molecular formula is C19H18Cl2N4O3S2. The fourth-order valence-corrected chi connectivity index (χ4v) is 5.09. The van der Waals surface area contributed by atoms with Crippen LogP contribution in [0.5, 0.6) is 0 Å². The van der Waals surface area contributed by atoms with Gasteiger partial charge in [0.2, 0.25) is 5.91 Å². The minimum Gasteiger partial charge on any atom is -0.324 e. The fraction of sp³-hybridized carbons (Fsp3) is 0.211. The Morgan fingerprint density at radius 2 is 1.87 bits per heavy atom. The van der Waals surface area contributed by atoms with E-state index in [2.05, 4.69) is 15.5 Å². The number of amides is 1. The van der Waals surface area contributed by atoms with E-state index in [0.29, 0.717) is 33.3 Å². The first-order valence-electron chi connectivity index (χ1n) is 8.87. The summed E-state index contributed by atoms with van der Waals surface area (Å²) in [6.07, 6.45) is 0. The largest absolute Gasteiger partial charge is 0.324 e. The summed E-state index contributed by atoms with van der Waals surface area (Å²) < 4.78 is 27.0. The van der Waals surface area contributed by atoms with Crippen LogP contribution in [0.25, 0.3) is 0 Å². The third kappa shape index (κ3) is 5.54. The van der Waals surface area contributed by atoms with Crippen molar-refractivity contribution in [1.29, 1.82) is 0 Å². The molecule has 0 saturated heterocycles. The van der Waals surface area contributed by atoms with Gasteiger partial charge in [-0.3, -0.25) is 4.79 Å². The summed E-state index contributed by atoms with van der Waals surface area (Å²) in [7, 11) is -3.55. The molecule has 0 aliphatic rings. The van der Waals surface area contributed by atoms with Crippen LogP contribution in [-0.2, 0) is 26.9 Å².